The van der Waals surface area contributed by atoms with E-state index in [1.165, 1.54) is 6.42 Å². The molecule has 1 heterocycles. The number of nitro groups is 1. The summed E-state index contributed by atoms with van der Waals surface area (Å²) in [7, 11) is 0. The summed E-state index contributed by atoms with van der Waals surface area (Å²) in [5.41, 5.74) is 0.905. The van der Waals surface area contributed by atoms with Crippen molar-refractivity contribution in [1.82, 2.24) is 0 Å². The SMILES string of the molecule is CCCC1CCCCN1c1ccc(C#N)c([N+](=O)[O-])c1. The van der Waals surface area contributed by atoms with Crippen molar-refractivity contribution >= 4 is 11.4 Å². The second kappa shape index (κ2) is 6.38. The van der Waals surface area contributed by atoms with E-state index in [-0.39, 0.29) is 11.3 Å². The Morgan fingerprint density at radius 2 is 2.30 bits per heavy atom. The highest BCUT2D eigenvalue weighted by Gasteiger charge is 2.24. The minimum atomic E-state index is -0.471. The van der Waals surface area contributed by atoms with Crippen LogP contribution in [0, 0.1) is 21.4 Å². The summed E-state index contributed by atoms with van der Waals surface area (Å²) in [5.74, 6) is 0. The maximum Gasteiger partial charge on any atom is 0.289 e. The van der Waals surface area contributed by atoms with Gasteiger partial charge in [0.25, 0.3) is 5.69 Å². The number of benzene rings is 1. The number of nitro benzene ring substituents is 1. The Morgan fingerprint density at radius 3 is 2.95 bits per heavy atom. The summed E-state index contributed by atoms with van der Waals surface area (Å²) >= 11 is 0. The molecule has 1 unspecified atom stereocenters. The number of rotatable bonds is 4. The van der Waals surface area contributed by atoms with E-state index < -0.39 is 4.92 Å². The van der Waals surface area contributed by atoms with Gasteiger partial charge in [0.05, 0.1) is 4.92 Å². The van der Waals surface area contributed by atoms with E-state index in [1.807, 2.05) is 12.1 Å². The van der Waals surface area contributed by atoms with Crippen LogP contribution in [-0.4, -0.2) is 17.5 Å². The molecule has 1 atom stereocenters. The van der Waals surface area contributed by atoms with E-state index in [0.717, 1.165) is 37.9 Å². The standard InChI is InChI=1S/C15H19N3O2/c1-2-5-13-6-3-4-9-17(13)14-8-7-12(11-16)15(10-14)18(19)20/h7-8,10,13H,2-6,9H2,1H3. The summed E-state index contributed by atoms with van der Waals surface area (Å²) in [6.45, 7) is 3.10. The van der Waals surface area contributed by atoms with Gasteiger partial charge in [0.1, 0.15) is 11.6 Å². The van der Waals surface area contributed by atoms with Gasteiger partial charge in [-0.1, -0.05) is 13.3 Å². The van der Waals surface area contributed by atoms with Crippen molar-refractivity contribution in [2.24, 2.45) is 0 Å². The smallest absolute Gasteiger partial charge is 0.289 e. The van der Waals surface area contributed by atoms with Crippen LogP contribution in [0.1, 0.15) is 44.6 Å². The lowest BCUT2D eigenvalue weighted by atomic mass is 9.97. The second-order valence-electron chi connectivity index (χ2n) is 5.20. The molecule has 1 aromatic rings. The number of hydrogen-bond acceptors (Lipinski definition) is 4. The molecule has 0 saturated carbocycles. The van der Waals surface area contributed by atoms with E-state index in [1.54, 1.807) is 12.1 Å². The zero-order valence-electron chi connectivity index (χ0n) is 11.7. The lowest BCUT2D eigenvalue weighted by molar-refractivity contribution is -0.385. The quantitative estimate of drug-likeness (QED) is 0.620. The minimum absolute atomic E-state index is 0.0918. The van der Waals surface area contributed by atoms with Crippen molar-refractivity contribution < 1.29 is 4.92 Å². The molecule has 1 aliphatic heterocycles. The fourth-order valence-corrected chi connectivity index (χ4v) is 2.92. The summed E-state index contributed by atoms with van der Waals surface area (Å²) in [5, 5.41) is 20.0. The third-order valence-corrected chi connectivity index (χ3v) is 3.88. The highest BCUT2D eigenvalue weighted by atomic mass is 16.6. The lowest BCUT2D eigenvalue weighted by Gasteiger charge is -2.37. The molecule has 0 aliphatic carbocycles. The van der Waals surface area contributed by atoms with Crippen LogP contribution >= 0.6 is 0 Å². The van der Waals surface area contributed by atoms with Crippen LogP contribution < -0.4 is 4.90 Å². The third kappa shape index (κ3) is 2.90. The van der Waals surface area contributed by atoms with Crippen molar-refractivity contribution in [3.05, 3.63) is 33.9 Å². The van der Waals surface area contributed by atoms with E-state index in [2.05, 4.69) is 11.8 Å². The van der Waals surface area contributed by atoms with Crippen LogP contribution in [0.25, 0.3) is 0 Å². The number of hydrogen-bond donors (Lipinski definition) is 0. The maximum atomic E-state index is 11.1. The molecule has 5 heteroatoms. The first kappa shape index (κ1) is 14.3. The largest absolute Gasteiger partial charge is 0.368 e. The van der Waals surface area contributed by atoms with Gasteiger partial charge in [-0.25, -0.2) is 0 Å². The van der Waals surface area contributed by atoms with Gasteiger partial charge in [-0.3, -0.25) is 10.1 Å². The average Bonchev–Trinajstić information content (AvgIpc) is 2.47. The fourth-order valence-electron chi connectivity index (χ4n) is 2.92. The Bertz CT molecular complexity index is 534. The summed E-state index contributed by atoms with van der Waals surface area (Å²) < 4.78 is 0. The topological polar surface area (TPSA) is 70.2 Å². The Hall–Kier alpha value is -2.09. The molecule has 1 aromatic carbocycles. The summed E-state index contributed by atoms with van der Waals surface area (Å²) in [6, 6.07) is 7.28. The first-order valence-corrected chi connectivity index (χ1v) is 7.12. The first-order chi connectivity index (χ1) is 9.67. The molecule has 1 aliphatic rings. The maximum absolute atomic E-state index is 11.1. The lowest BCUT2D eigenvalue weighted by Crippen LogP contribution is -2.39. The molecule has 0 amide bonds. The van der Waals surface area contributed by atoms with Gasteiger partial charge in [0.15, 0.2) is 0 Å². The van der Waals surface area contributed by atoms with Gasteiger partial charge in [0, 0.05) is 24.3 Å². The van der Waals surface area contributed by atoms with Gasteiger partial charge in [0.2, 0.25) is 0 Å². The number of piperidine rings is 1. The van der Waals surface area contributed by atoms with Crippen LogP contribution in [0.2, 0.25) is 0 Å². The van der Waals surface area contributed by atoms with Gasteiger partial charge in [-0.15, -0.1) is 0 Å². The van der Waals surface area contributed by atoms with Crippen LogP contribution in [0.15, 0.2) is 18.2 Å². The zero-order valence-corrected chi connectivity index (χ0v) is 11.7. The molecule has 2 rings (SSSR count). The van der Waals surface area contributed by atoms with Crippen LogP contribution in [0.4, 0.5) is 11.4 Å². The summed E-state index contributed by atoms with van der Waals surface area (Å²) in [4.78, 5) is 12.9. The van der Waals surface area contributed by atoms with Crippen LogP contribution in [0.5, 0.6) is 0 Å². The third-order valence-electron chi connectivity index (χ3n) is 3.88. The molecule has 0 aromatic heterocycles. The monoisotopic (exact) mass is 273 g/mol. The van der Waals surface area contributed by atoms with Gasteiger partial charge in [-0.05, 0) is 37.8 Å². The zero-order chi connectivity index (χ0) is 14.5. The minimum Gasteiger partial charge on any atom is -0.368 e. The highest BCUT2D eigenvalue weighted by Crippen LogP contribution is 2.31. The molecule has 0 spiro atoms. The molecule has 0 bridgehead atoms. The Labute approximate surface area is 119 Å². The molecule has 1 saturated heterocycles. The molecule has 5 nitrogen and oxygen atoms in total. The predicted octanol–water partition coefficient (Wildman–Crippen LogP) is 3.63. The van der Waals surface area contributed by atoms with Crippen molar-refractivity contribution in [2.45, 2.75) is 45.1 Å². The van der Waals surface area contributed by atoms with Crippen molar-refractivity contribution in [3.8, 4) is 6.07 Å². The van der Waals surface area contributed by atoms with E-state index in [9.17, 15) is 10.1 Å². The Balaban J connectivity index is 2.33. The Morgan fingerprint density at radius 1 is 1.50 bits per heavy atom. The molecule has 0 N–H and O–H groups in total. The fraction of sp³-hybridized carbons (Fsp3) is 0.533. The normalized spacial score (nSPS) is 18.6. The molecule has 20 heavy (non-hydrogen) atoms. The molecular formula is C15H19N3O2. The van der Waals surface area contributed by atoms with Gasteiger partial charge < -0.3 is 4.90 Å². The molecule has 106 valence electrons. The van der Waals surface area contributed by atoms with Crippen molar-refractivity contribution in [2.75, 3.05) is 11.4 Å². The summed E-state index contributed by atoms with van der Waals surface area (Å²) in [6.07, 6.45) is 5.70. The Kier molecular flexibility index (Phi) is 4.57. The van der Waals surface area contributed by atoms with Gasteiger partial charge in [-0.2, -0.15) is 5.26 Å². The van der Waals surface area contributed by atoms with Crippen LogP contribution in [0.3, 0.4) is 0 Å². The molecule has 0 radical (unpaired) electrons. The van der Waals surface area contributed by atoms with E-state index in [4.69, 9.17) is 5.26 Å². The van der Waals surface area contributed by atoms with Crippen molar-refractivity contribution in [1.29, 1.82) is 5.26 Å². The average molecular weight is 273 g/mol. The molecular weight excluding hydrogens is 254 g/mol. The van der Waals surface area contributed by atoms with E-state index in [0.29, 0.717) is 6.04 Å². The number of nitrogens with zero attached hydrogens (tertiary/aromatic N) is 3. The van der Waals surface area contributed by atoms with E-state index >= 15 is 0 Å². The highest BCUT2D eigenvalue weighted by molar-refractivity contribution is 5.60. The second-order valence-corrected chi connectivity index (χ2v) is 5.20. The van der Waals surface area contributed by atoms with Crippen LogP contribution in [-0.2, 0) is 0 Å². The van der Waals surface area contributed by atoms with Crippen molar-refractivity contribution in [3.63, 3.8) is 0 Å². The van der Waals surface area contributed by atoms with Gasteiger partial charge >= 0.3 is 0 Å². The number of nitriles is 1. The molecule has 1 fully saturated rings. The number of anilines is 1. The predicted molar refractivity (Wildman–Crippen MR) is 77.7 cm³/mol. The first-order valence-electron chi connectivity index (χ1n) is 7.12.